The highest BCUT2D eigenvalue weighted by molar-refractivity contribution is 6.55. The molecule has 0 fully saturated rings. The summed E-state index contributed by atoms with van der Waals surface area (Å²) in [6, 6.07) is 12.2. The van der Waals surface area contributed by atoms with E-state index < -0.39 is 0 Å². The number of hydrogen-bond acceptors (Lipinski definition) is 0. The molecule has 1 rings (SSSR count). The number of halogens is 1. The normalized spacial score (nSPS) is 9.58. The van der Waals surface area contributed by atoms with E-state index in [1.54, 1.807) is 0 Å². The van der Waals surface area contributed by atoms with E-state index in [9.17, 15) is 0 Å². The summed E-state index contributed by atoms with van der Waals surface area (Å²) in [6.45, 7) is 4.81. The van der Waals surface area contributed by atoms with Gasteiger partial charge in [-0.2, -0.15) is 0 Å². The highest BCUT2D eigenvalue weighted by Gasteiger charge is 1.95. The second-order valence-corrected chi connectivity index (χ2v) is 6.78. The van der Waals surface area contributed by atoms with Gasteiger partial charge in [0.15, 0.2) is 0 Å². The minimum absolute atomic E-state index is 0. The van der Waals surface area contributed by atoms with Gasteiger partial charge in [0.1, 0.15) is 0 Å². The summed E-state index contributed by atoms with van der Waals surface area (Å²) in [6.07, 6.45) is 1.28. The average Bonchev–Trinajstić information content (AvgIpc) is 2.03. The van der Waals surface area contributed by atoms with Gasteiger partial charge in [-0.15, -0.1) is 12.4 Å². The van der Waals surface area contributed by atoms with Crippen LogP contribution in [0, 0.1) is 0 Å². The Bertz CT molecular complexity index is 196. The number of hydrogen-bond donors (Lipinski definition) is 0. The Kier molecular flexibility index (Phi) is 6.12. The first-order valence-corrected chi connectivity index (χ1v) is 7.45. The quantitative estimate of drug-likeness (QED) is 0.658. The third-order valence-electron chi connectivity index (χ3n) is 1.85. The lowest BCUT2D eigenvalue weighted by Crippen LogP contribution is -2.00. The van der Waals surface area contributed by atoms with Crippen LogP contribution in [-0.4, -0.2) is 8.80 Å². The zero-order valence-corrected chi connectivity index (χ0v) is 9.76. The summed E-state index contributed by atoms with van der Waals surface area (Å²) in [5, 5.41) is 0. The van der Waals surface area contributed by atoms with Crippen molar-refractivity contribution in [1.82, 2.24) is 0 Å². The molecule has 0 saturated carbocycles. The summed E-state index contributed by atoms with van der Waals surface area (Å²) in [7, 11) is -0.340. The van der Waals surface area contributed by atoms with Crippen molar-refractivity contribution >= 4 is 21.2 Å². The van der Waals surface area contributed by atoms with Crippen molar-refractivity contribution in [1.29, 1.82) is 0 Å². The average molecular weight is 201 g/mol. The molecular formula is C10H17ClSi. The molecule has 0 N–H and O–H groups in total. The lowest BCUT2D eigenvalue weighted by Gasteiger charge is -2.02. The zero-order valence-electron chi connectivity index (χ0n) is 7.79. The molecule has 0 atom stereocenters. The molecule has 0 nitrogen and oxygen atoms in total. The molecule has 68 valence electrons. The van der Waals surface area contributed by atoms with Crippen LogP contribution in [0.4, 0.5) is 0 Å². The van der Waals surface area contributed by atoms with E-state index in [2.05, 4.69) is 43.4 Å². The first-order chi connectivity index (χ1) is 5.29. The molecule has 0 aliphatic rings. The maximum atomic E-state index is 2.41. The van der Waals surface area contributed by atoms with E-state index in [1.807, 2.05) is 0 Å². The predicted molar refractivity (Wildman–Crippen MR) is 61.1 cm³/mol. The molecule has 0 bridgehead atoms. The van der Waals surface area contributed by atoms with Crippen molar-refractivity contribution < 1.29 is 0 Å². The third-order valence-corrected chi connectivity index (χ3v) is 3.30. The van der Waals surface area contributed by atoms with Crippen LogP contribution in [0.5, 0.6) is 0 Å². The largest absolute Gasteiger partial charge is 0.147 e. The molecule has 0 aliphatic carbocycles. The van der Waals surface area contributed by atoms with Crippen LogP contribution in [0.25, 0.3) is 0 Å². The molecular weight excluding hydrogens is 184 g/mol. The molecule has 12 heavy (non-hydrogen) atoms. The molecule has 0 spiro atoms. The summed E-state index contributed by atoms with van der Waals surface area (Å²) in [5.41, 5.74) is 1.49. The summed E-state index contributed by atoms with van der Waals surface area (Å²) >= 11 is 0. The lowest BCUT2D eigenvalue weighted by atomic mass is 10.2. The fraction of sp³-hybridized carbons (Fsp3) is 0.400. The first kappa shape index (κ1) is 11.7. The van der Waals surface area contributed by atoms with E-state index in [0.717, 1.165) is 0 Å². The van der Waals surface area contributed by atoms with Gasteiger partial charge in [0.2, 0.25) is 0 Å². The van der Waals surface area contributed by atoms with Gasteiger partial charge in [-0.3, -0.25) is 0 Å². The van der Waals surface area contributed by atoms with Crippen molar-refractivity contribution in [3.63, 3.8) is 0 Å². The Balaban J connectivity index is 0.00000121. The van der Waals surface area contributed by atoms with Gasteiger partial charge in [0.05, 0.1) is 0 Å². The first-order valence-electron chi connectivity index (χ1n) is 4.33. The van der Waals surface area contributed by atoms with Crippen molar-refractivity contribution in [3.05, 3.63) is 35.9 Å². The molecule has 1 aromatic rings. The Morgan fingerprint density at radius 3 is 2.17 bits per heavy atom. The van der Waals surface area contributed by atoms with Gasteiger partial charge in [0, 0.05) is 8.80 Å². The van der Waals surface area contributed by atoms with Crippen molar-refractivity contribution in [2.24, 2.45) is 0 Å². The third kappa shape index (κ3) is 4.57. The SMILES string of the molecule is C[SiH](C)CCc1ccccc1.Cl. The Morgan fingerprint density at radius 1 is 1.08 bits per heavy atom. The van der Waals surface area contributed by atoms with E-state index in [0.29, 0.717) is 0 Å². The summed E-state index contributed by atoms with van der Waals surface area (Å²) in [5.74, 6) is 0. The molecule has 0 saturated heterocycles. The van der Waals surface area contributed by atoms with Gasteiger partial charge in [-0.05, 0) is 12.0 Å². The maximum absolute atomic E-state index is 2.41. The van der Waals surface area contributed by atoms with E-state index in [4.69, 9.17) is 0 Å². The van der Waals surface area contributed by atoms with Gasteiger partial charge in [0.25, 0.3) is 0 Å². The van der Waals surface area contributed by atoms with E-state index in [-0.39, 0.29) is 21.2 Å². The van der Waals surface area contributed by atoms with Crippen LogP contribution >= 0.6 is 12.4 Å². The fourth-order valence-corrected chi connectivity index (χ4v) is 2.01. The molecule has 1 aromatic carbocycles. The van der Waals surface area contributed by atoms with Crippen molar-refractivity contribution in [2.75, 3.05) is 0 Å². The summed E-state index contributed by atoms with van der Waals surface area (Å²) in [4.78, 5) is 0. The molecule has 0 unspecified atom stereocenters. The van der Waals surface area contributed by atoms with Crippen LogP contribution in [0.3, 0.4) is 0 Å². The van der Waals surface area contributed by atoms with Crippen LogP contribution in [0.2, 0.25) is 19.1 Å². The summed E-state index contributed by atoms with van der Waals surface area (Å²) < 4.78 is 0. The second kappa shape index (κ2) is 6.27. The van der Waals surface area contributed by atoms with Gasteiger partial charge in [-0.1, -0.05) is 49.5 Å². The van der Waals surface area contributed by atoms with Gasteiger partial charge in [-0.25, -0.2) is 0 Å². The molecule has 2 heteroatoms. The van der Waals surface area contributed by atoms with Crippen LogP contribution in [-0.2, 0) is 6.42 Å². The molecule has 0 aromatic heterocycles. The minimum Gasteiger partial charge on any atom is -0.147 e. The molecule has 0 heterocycles. The monoisotopic (exact) mass is 200 g/mol. The van der Waals surface area contributed by atoms with Gasteiger partial charge < -0.3 is 0 Å². The molecule has 0 radical (unpaired) electrons. The minimum atomic E-state index is -0.340. The Labute approximate surface area is 83.0 Å². The van der Waals surface area contributed by atoms with Crippen molar-refractivity contribution in [3.8, 4) is 0 Å². The highest BCUT2D eigenvalue weighted by atomic mass is 35.5. The fourth-order valence-electron chi connectivity index (χ4n) is 1.10. The zero-order chi connectivity index (χ0) is 8.10. The number of benzene rings is 1. The Morgan fingerprint density at radius 2 is 1.67 bits per heavy atom. The molecule has 0 aliphatic heterocycles. The van der Waals surface area contributed by atoms with Crippen molar-refractivity contribution in [2.45, 2.75) is 25.6 Å². The standard InChI is InChI=1S/C10H16Si.ClH/c1-11(2)9-8-10-6-4-3-5-7-10;/h3-7,11H,8-9H2,1-2H3;1H. The lowest BCUT2D eigenvalue weighted by molar-refractivity contribution is 1.11. The van der Waals surface area contributed by atoms with E-state index >= 15 is 0 Å². The topological polar surface area (TPSA) is 0 Å². The van der Waals surface area contributed by atoms with Gasteiger partial charge >= 0.3 is 0 Å². The number of rotatable bonds is 3. The molecule has 0 amide bonds. The number of aryl methyl sites for hydroxylation is 1. The second-order valence-electron chi connectivity index (χ2n) is 3.42. The predicted octanol–water partition coefficient (Wildman–Crippen LogP) is 3.14. The van der Waals surface area contributed by atoms with Crippen LogP contribution in [0.1, 0.15) is 5.56 Å². The van der Waals surface area contributed by atoms with Crippen LogP contribution in [0.15, 0.2) is 30.3 Å². The van der Waals surface area contributed by atoms with Crippen LogP contribution < -0.4 is 0 Å². The highest BCUT2D eigenvalue weighted by Crippen LogP contribution is 2.04. The Hall–Kier alpha value is -0.273. The maximum Gasteiger partial charge on any atom is 0.0308 e. The smallest absolute Gasteiger partial charge is 0.0308 e. The van der Waals surface area contributed by atoms with E-state index in [1.165, 1.54) is 18.0 Å².